The summed E-state index contributed by atoms with van der Waals surface area (Å²) in [5.74, 6) is 0. The number of alkyl halides is 3. The zero-order chi connectivity index (χ0) is 7.78. The van der Waals surface area contributed by atoms with Gasteiger partial charge in [0.25, 0.3) is 0 Å². The smallest absolute Gasteiger partial charge is 0.299 e. The van der Waals surface area contributed by atoms with Gasteiger partial charge in [-0.3, -0.25) is 5.01 Å². The molecule has 58 valence electrons. The zero-order valence-corrected chi connectivity index (χ0v) is 5.18. The average Bonchev–Trinajstić information content (AvgIpc) is 2.11. The molecule has 0 aromatic heterocycles. The predicted molar refractivity (Wildman–Crippen MR) is 27.9 cm³/mol. The van der Waals surface area contributed by atoms with E-state index in [1.54, 1.807) is 0 Å². The van der Waals surface area contributed by atoms with Gasteiger partial charge >= 0.3 is 6.30 Å². The van der Waals surface area contributed by atoms with Crippen molar-refractivity contribution in [1.82, 2.24) is 15.6 Å². The van der Waals surface area contributed by atoms with Crippen LogP contribution in [0.15, 0.2) is 12.4 Å². The number of rotatable bonds is 0. The first-order chi connectivity index (χ1) is 4.50. The van der Waals surface area contributed by atoms with Crippen LogP contribution >= 0.6 is 0 Å². The fourth-order valence-electron chi connectivity index (χ4n) is 0.544. The predicted octanol–water partition coefficient (Wildman–Crippen LogP) is 0.644. The van der Waals surface area contributed by atoms with Crippen LogP contribution in [-0.4, -0.2) is 23.4 Å². The van der Waals surface area contributed by atoms with Crippen LogP contribution in [0.3, 0.4) is 0 Å². The minimum atomic E-state index is -4.35. The highest BCUT2D eigenvalue weighted by Gasteiger charge is 2.37. The summed E-state index contributed by atoms with van der Waals surface area (Å²) in [7, 11) is 1.47. The van der Waals surface area contributed by atoms with Crippen LogP contribution in [0.1, 0.15) is 0 Å². The first-order valence-electron chi connectivity index (χ1n) is 2.53. The number of halogens is 3. The zero-order valence-electron chi connectivity index (χ0n) is 5.18. The number of nitrogens with zero attached hydrogens (tertiary/aromatic N) is 2. The van der Waals surface area contributed by atoms with Gasteiger partial charge in [-0.2, -0.15) is 0 Å². The summed E-state index contributed by atoms with van der Waals surface area (Å²) in [6.07, 6.45) is -2.17. The van der Waals surface area contributed by atoms with E-state index >= 15 is 0 Å². The maximum atomic E-state index is 11.7. The molecule has 10 heavy (non-hydrogen) atoms. The minimum absolute atomic E-state index is 0.0625. The van der Waals surface area contributed by atoms with Crippen LogP contribution in [0.2, 0.25) is 0 Å². The van der Waals surface area contributed by atoms with E-state index in [-0.39, 0.29) is 5.01 Å². The summed E-state index contributed by atoms with van der Waals surface area (Å²) in [5, 5.41) is 1.26. The van der Waals surface area contributed by atoms with Crippen molar-refractivity contribution in [1.29, 1.82) is 0 Å². The van der Waals surface area contributed by atoms with E-state index in [4.69, 9.17) is 0 Å². The topological polar surface area (TPSA) is 18.5 Å². The summed E-state index contributed by atoms with van der Waals surface area (Å²) < 4.78 is 35.2. The number of hydrogen-bond acceptors (Lipinski definition) is 3. The molecule has 1 N–H and O–H groups in total. The number of hydrazine groups is 2. The van der Waals surface area contributed by atoms with Gasteiger partial charge in [0.05, 0.1) is 0 Å². The Morgan fingerprint density at radius 1 is 1.30 bits per heavy atom. The second kappa shape index (κ2) is 2.05. The molecule has 1 aliphatic rings. The molecule has 6 heteroatoms. The number of nitrogens with one attached hydrogen (secondary N) is 1. The van der Waals surface area contributed by atoms with Crippen LogP contribution in [0.4, 0.5) is 13.2 Å². The maximum absolute atomic E-state index is 11.7. The van der Waals surface area contributed by atoms with Crippen molar-refractivity contribution in [3.05, 3.63) is 12.4 Å². The highest BCUT2D eigenvalue weighted by atomic mass is 19.4. The molecule has 0 spiro atoms. The van der Waals surface area contributed by atoms with Gasteiger partial charge in [-0.25, -0.2) is 5.01 Å². The molecule has 0 radical (unpaired) electrons. The third-order valence-corrected chi connectivity index (χ3v) is 0.978. The molecule has 1 rings (SSSR count). The SMILES string of the molecule is CN1C=CN(C(F)(F)F)N1. The van der Waals surface area contributed by atoms with Crippen molar-refractivity contribution >= 4 is 0 Å². The second-order valence-corrected chi connectivity index (χ2v) is 1.85. The fourth-order valence-corrected chi connectivity index (χ4v) is 0.544. The molecular weight excluding hydrogens is 147 g/mol. The second-order valence-electron chi connectivity index (χ2n) is 1.85. The van der Waals surface area contributed by atoms with Crippen molar-refractivity contribution in [3.8, 4) is 0 Å². The van der Waals surface area contributed by atoms with E-state index < -0.39 is 6.30 Å². The lowest BCUT2D eigenvalue weighted by Crippen LogP contribution is -2.45. The third kappa shape index (κ3) is 1.32. The molecule has 0 fully saturated rings. The van der Waals surface area contributed by atoms with Gasteiger partial charge in [-0.1, -0.05) is 0 Å². The Kier molecular flexibility index (Phi) is 1.47. The van der Waals surface area contributed by atoms with Gasteiger partial charge in [0.1, 0.15) is 0 Å². The molecule has 0 atom stereocenters. The summed E-state index contributed by atoms with van der Waals surface area (Å²) in [6, 6.07) is 0. The Labute approximate surface area is 55.6 Å². The van der Waals surface area contributed by atoms with Crippen LogP contribution in [-0.2, 0) is 0 Å². The lowest BCUT2D eigenvalue weighted by Gasteiger charge is -2.21. The van der Waals surface area contributed by atoms with Crippen molar-refractivity contribution in [2.45, 2.75) is 6.30 Å². The fraction of sp³-hybridized carbons (Fsp3) is 0.500. The van der Waals surface area contributed by atoms with Crippen LogP contribution < -0.4 is 5.53 Å². The van der Waals surface area contributed by atoms with Gasteiger partial charge in [0, 0.05) is 19.4 Å². The molecule has 1 aliphatic heterocycles. The van der Waals surface area contributed by atoms with Crippen molar-refractivity contribution < 1.29 is 13.2 Å². The molecule has 0 unspecified atom stereocenters. The highest BCUT2D eigenvalue weighted by Crippen LogP contribution is 2.21. The average molecular weight is 153 g/mol. The molecule has 0 aliphatic carbocycles. The van der Waals surface area contributed by atoms with E-state index in [2.05, 4.69) is 0 Å². The Morgan fingerprint density at radius 2 is 1.90 bits per heavy atom. The van der Waals surface area contributed by atoms with E-state index in [1.165, 1.54) is 18.3 Å². The van der Waals surface area contributed by atoms with E-state index in [9.17, 15) is 13.2 Å². The molecule has 3 nitrogen and oxygen atoms in total. The summed E-state index contributed by atoms with van der Waals surface area (Å²) in [4.78, 5) is 0. The van der Waals surface area contributed by atoms with Crippen molar-refractivity contribution in [2.75, 3.05) is 7.05 Å². The molecule has 0 aromatic carbocycles. The number of hydrogen-bond donors (Lipinski definition) is 1. The molecular formula is C4H6F3N3. The van der Waals surface area contributed by atoms with E-state index in [0.29, 0.717) is 0 Å². The van der Waals surface area contributed by atoms with Crippen molar-refractivity contribution in [2.24, 2.45) is 0 Å². The van der Waals surface area contributed by atoms with Gasteiger partial charge in [-0.05, 0) is 0 Å². The largest absolute Gasteiger partial charge is 0.499 e. The molecule has 0 bridgehead atoms. The molecule has 0 aromatic rings. The standard InChI is InChI=1S/C4H6F3N3/c1-9-2-3-10(8-9)4(5,6)7/h2-3,8H,1H3. The molecule has 0 saturated carbocycles. The van der Waals surface area contributed by atoms with Gasteiger partial charge in [0.2, 0.25) is 0 Å². The maximum Gasteiger partial charge on any atom is 0.499 e. The van der Waals surface area contributed by atoms with Crippen LogP contribution in [0.25, 0.3) is 0 Å². The quantitative estimate of drug-likeness (QED) is 0.515. The lowest BCUT2D eigenvalue weighted by atomic mass is 10.8. The Bertz CT molecular complexity index is 152. The summed E-state index contributed by atoms with van der Waals surface area (Å²) in [6.45, 7) is 0. The molecule has 0 saturated heterocycles. The normalized spacial score (nSPS) is 18.8. The van der Waals surface area contributed by atoms with E-state index in [0.717, 1.165) is 6.20 Å². The molecule has 1 heterocycles. The van der Waals surface area contributed by atoms with Gasteiger partial charge in [0.15, 0.2) is 0 Å². The van der Waals surface area contributed by atoms with Gasteiger partial charge in [-0.15, -0.1) is 18.7 Å². The summed E-state index contributed by atoms with van der Waals surface area (Å²) in [5.41, 5.74) is 2.02. The minimum Gasteiger partial charge on any atom is -0.299 e. The van der Waals surface area contributed by atoms with Crippen LogP contribution in [0.5, 0.6) is 0 Å². The third-order valence-electron chi connectivity index (χ3n) is 0.978. The van der Waals surface area contributed by atoms with E-state index in [1.807, 2.05) is 5.53 Å². The van der Waals surface area contributed by atoms with Crippen LogP contribution in [0, 0.1) is 0 Å². The van der Waals surface area contributed by atoms with Gasteiger partial charge < -0.3 is 0 Å². The van der Waals surface area contributed by atoms with Crippen molar-refractivity contribution in [3.63, 3.8) is 0 Å². The first-order valence-corrected chi connectivity index (χ1v) is 2.53. The molecule has 0 amide bonds. The summed E-state index contributed by atoms with van der Waals surface area (Å²) >= 11 is 0. The Morgan fingerprint density at radius 3 is 2.10 bits per heavy atom. The lowest BCUT2D eigenvalue weighted by molar-refractivity contribution is -0.251. The Balaban J connectivity index is 2.55. The highest BCUT2D eigenvalue weighted by molar-refractivity contribution is 4.84. The monoisotopic (exact) mass is 153 g/mol. The first kappa shape index (κ1) is 7.20. The Hall–Kier alpha value is -0.910.